The molecule has 0 aliphatic rings. The summed E-state index contributed by atoms with van der Waals surface area (Å²) in [5, 5.41) is 2.78. The lowest BCUT2D eigenvalue weighted by atomic mass is 10.2. The molecule has 0 saturated heterocycles. The molecule has 2 rings (SSSR count). The molecule has 0 saturated carbocycles. The Labute approximate surface area is 117 Å². The molecule has 1 N–H and O–H groups in total. The molecule has 0 aliphatic carbocycles. The second-order valence-electron chi connectivity index (χ2n) is 4.45. The topological polar surface area (TPSA) is 55.1 Å². The first kappa shape index (κ1) is 14.2. The zero-order valence-electron chi connectivity index (χ0n) is 11.4. The monoisotopic (exact) mass is 276 g/mol. The molecular weight excluding hydrogens is 259 g/mol. The number of hydrogen-bond acceptors (Lipinski definition) is 3. The van der Waals surface area contributed by atoms with Crippen molar-refractivity contribution in [1.29, 1.82) is 0 Å². The summed E-state index contributed by atoms with van der Waals surface area (Å²) in [4.78, 5) is 15.5. The number of carbonyl (C=O) groups is 1. The molecule has 0 unspecified atom stereocenters. The second kappa shape index (κ2) is 6.84. The highest BCUT2D eigenvalue weighted by Gasteiger charge is 2.11. The van der Waals surface area contributed by atoms with Crippen molar-refractivity contribution in [1.82, 2.24) is 10.3 Å². The van der Waals surface area contributed by atoms with E-state index in [4.69, 9.17) is 4.42 Å². The van der Waals surface area contributed by atoms with E-state index in [0.29, 0.717) is 36.6 Å². The molecule has 1 aromatic heterocycles. The van der Waals surface area contributed by atoms with Crippen LogP contribution in [-0.4, -0.2) is 17.4 Å². The largest absolute Gasteiger partial charge is 0.441 e. The quantitative estimate of drug-likeness (QED) is 0.882. The van der Waals surface area contributed by atoms with Crippen LogP contribution in [0.5, 0.6) is 0 Å². The Morgan fingerprint density at radius 1 is 1.40 bits per heavy atom. The molecule has 0 aliphatic heterocycles. The van der Waals surface area contributed by atoms with E-state index in [0.717, 1.165) is 6.42 Å². The molecule has 0 radical (unpaired) electrons. The lowest BCUT2D eigenvalue weighted by Gasteiger charge is -2.01. The van der Waals surface area contributed by atoms with Crippen LogP contribution in [-0.2, 0) is 11.2 Å². The van der Waals surface area contributed by atoms with Crippen LogP contribution in [0.1, 0.15) is 25.7 Å². The van der Waals surface area contributed by atoms with Crippen LogP contribution in [0.25, 0.3) is 11.3 Å². The fraction of sp³-hybridized carbons (Fsp3) is 0.333. The van der Waals surface area contributed by atoms with Crippen molar-refractivity contribution in [3.63, 3.8) is 0 Å². The van der Waals surface area contributed by atoms with Gasteiger partial charge in [-0.05, 0) is 18.6 Å². The summed E-state index contributed by atoms with van der Waals surface area (Å²) in [5.41, 5.74) is 0.377. The van der Waals surface area contributed by atoms with Crippen molar-refractivity contribution in [2.75, 3.05) is 6.54 Å². The van der Waals surface area contributed by atoms with Gasteiger partial charge in [0.15, 0.2) is 11.7 Å². The Kier molecular flexibility index (Phi) is 4.87. The number of aryl methyl sites for hydroxylation is 1. The van der Waals surface area contributed by atoms with E-state index in [9.17, 15) is 9.18 Å². The minimum atomic E-state index is -0.351. The van der Waals surface area contributed by atoms with Gasteiger partial charge in [-0.3, -0.25) is 4.79 Å². The third-order valence-electron chi connectivity index (χ3n) is 2.83. The molecule has 0 bridgehead atoms. The van der Waals surface area contributed by atoms with E-state index in [-0.39, 0.29) is 11.7 Å². The highest BCUT2D eigenvalue weighted by atomic mass is 19.1. The summed E-state index contributed by atoms with van der Waals surface area (Å²) in [6, 6.07) is 6.36. The number of halogens is 1. The summed E-state index contributed by atoms with van der Waals surface area (Å²) in [7, 11) is 0. The van der Waals surface area contributed by atoms with Crippen molar-refractivity contribution in [3.8, 4) is 11.3 Å². The molecule has 5 heteroatoms. The number of nitrogens with one attached hydrogen (secondary N) is 1. The molecule has 1 aromatic carbocycles. The predicted molar refractivity (Wildman–Crippen MR) is 73.5 cm³/mol. The van der Waals surface area contributed by atoms with Crippen LogP contribution in [0.15, 0.2) is 34.9 Å². The zero-order valence-corrected chi connectivity index (χ0v) is 11.4. The van der Waals surface area contributed by atoms with E-state index in [1.807, 2.05) is 6.92 Å². The van der Waals surface area contributed by atoms with E-state index in [1.165, 1.54) is 12.3 Å². The average molecular weight is 276 g/mol. The lowest BCUT2D eigenvalue weighted by Crippen LogP contribution is -2.24. The Morgan fingerprint density at radius 3 is 2.95 bits per heavy atom. The first-order valence-corrected chi connectivity index (χ1v) is 6.67. The molecule has 0 fully saturated rings. The SMILES string of the molecule is CCCNC(=O)CCc1ncc(-c2ccccc2F)o1. The van der Waals surface area contributed by atoms with E-state index >= 15 is 0 Å². The second-order valence-corrected chi connectivity index (χ2v) is 4.45. The maximum atomic E-state index is 13.6. The molecule has 106 valence electrons. The van der Waals surface area contributed by atoms with Gasteiger partial charge < -0.3 is 9.73 Å². The van der Waals surface area contributed by atoms with E-state index in [1.54, 1.807) is 18.2 Å². The van der Waals surface area contributed by atoms with Crippen LogP contribution in [0.4, 0.5) is 4.39 Å². The van der Waals surface area contributed by atoms with Crippen molar-refractivity contribution < 1.29 is 13.6 Å². The van der Waals surface area contributed by atoms with Gasteiger partial charge in [0.05, 0.1) is 11.8 Å². The number of benzene rings is 1. The van der Waals surface area contributed by atoms with Crippen molar-refractivity contribution in [2.24, 2.45) is 0 Å². The summed E-state index contributed by atoms with van der Waals surface area (Å²) >= 11 is 0. The Hall–Kier alpha value is -2.17. The van der Waals surface area contributed by atoms with Crippen LogP contribution >= 0.6 is 0 Å². The molecule has 0 atom stereocenters. The molecule has 4 nitrogen and oxygen atoms in total. The molecule has 1 amide bonds. The van der Waals surface area contributed by atoms with Gasteiger partial charge in [-0.15, -0.1) is 0 Å². The molecule has 20 heavy (non-hydrogen) atoms. The molecule has 2 aromatic rings. The van der Waals surface area contributed by atoms with Crippen LogP contribution < -0.4 is 5.32 Å². The third kappa shape index (κ3) is 3.66. The van der Waals surface area contributed by atoms with Gasteiger partial charge in [0.2, 0.25) is 5.91 Å². The summed E-state index contributed by atoms with van der Waals surface area (Å²) in [6.45, 7) is 2.67. The standard InChI is InChI=1S/C15H17FN2O2/c1-2-9-17-14(19)7-8-15-18-10-13(20-15)11-5-3-4-6-12(11)16/h3-6,10H,2,7-9H2,1H3,(H,17,19). The van der Waals surface area contributed by atoms with Gasteiger partial charge in [0, 0.05) is 19.4 Å². The number of rotatable bonds is 6. The summed E-state index contributed by atoms with van der Waals surface area (Å²) in [6.07, 6.45) is 3.11. The minimum Gasteiger partial charge on any atom is -0.441 e. The molecule has 0 spiro atoms. The fourth-order valence-electron chi connectivity index (χ4n) is 1.78. The maximum absolute atomic E-state index is 13.6. The number of oxazole rings is 1. The van der Waals surface area contributed by atoms with Gasteiger partial charge in [-0.25, -0.2) is 9.37 Å². The molecule has 1 heterocycles. The maximum Gasteiger partial charge on any atom is 0.220 e. The summed E-state index contributed by atoms with van der Waals surface area (Å²) < 4.78 is 19.1. The van der Waals surface area contributed by atoms with Crippen LogP contribution in [0.2, 0.25) is 0 Å². The Bertz CT molecular complexity index is 581. The first-order chi connectivity index (χ1) is 9.70. The minimum absolute atomic E-state index is 0.0301. The van der Waals surface area contributed by atoms with Crippen molar-refractivity contribution in [3.05, 3.63) is 42.2 Å². The Morgan fingerprint density at radius 2 is 2.20 bits per heavy atom. The third-order valence-corrected chi connectivity index (χ3v) is 2.83. The zero-order chi connectivity index (χ0) is 14.4. The van der Waals surface area contributed by atoms with Gasteiger partial charge in [0.25, 0.3) is 0 Å². The first-order valence-electron chi connectivity index (χ1n) is 6.67. The number of aromatic nitrogens is 1. The van der Waals surface area contributed by atoms with Gasteiger partial charge in [-0.2, -0.15) is 0 Å². The van der Waals surface area contributed by atoms with E-state index in [2.05, 4.69) is 10.3 Å². The average Bonchev–Trinajstić information content (AvgIpc) is 2.92. The number of amides is 1. The smallest absolute Gasteiger partial charge is 0.220 e. The lowest BCUT2D eigenvalue weighted by molar-refractivity contribution is -0.121. The van der Waals surface area contributed by atoms with Gasteiger partial charge >= 0.3 is 0 Å². The number of nitrogens with zero attached hydrogens (tertiary/aromatic N) is 1. The van der Waals surface area contributed by atoms with Crippen molar-refractivity contribution >= 4 is 5.91 Å². The molecular formula is C15H17FN2O2. The highest BCUT2D eigenvalue weighted by Crippen LogP contribution is 2.23. The fourth-order valence-corrected chi connectivity index (χ4v) is 1.78. The Balaban J connectivity index is 1.96. The van der Waals surface area contributed by atoms with E-state index < -0.39 is 0 Å². The summed E-state index contributed by atoms with van der Waals surface area (Å²) in [5.74, 6) is 0.440. The van der Waals surface area contributed by atoms with Crippen molar-refractivity contribution in [2.45, 2.75) is 26.2 Å². The van der Waals surface area contributed by atoms with Gasteiger partial charge in [-0.1, -0.05) is 19.1 Å². The van der Waals surface area contributed by atoms with Crippen LogP contribution in [0, 0.1) is 5.82 Å². The predicted octanol–water partition coefficient (Wildman–Crippen LogP) is 2.94. The van der Waals surface area contributed by atoms with Crippen LogP contribution in [0.3, 0.4) is 0 Å². The highest BCUT2D eigenvalue weighted by molar-refractivity contribution is 5.75. The normalized spacial score (nSPS) is 10.5. The van der Waals surface area contributed by atoms with Gasteiger partial charge in [0.1, 0.15) is 5.82 Å². The number of hydrogen-bond donors (Lipinski definition) is 1. The number of carbonyl (C=O) groups excluding carboxylic acids is 1.